The molecule has 2 aromatic carbocycles. The summed E-state index contributed by atoms with van der Waals surface area (Å²) in [6, 6.07) is 7.53. The highest BCUT2D eigenvalue weighted by Gasteiger charge is 2.14. The van der Waals surface area contributed by atoms with E-state index in [0.29, 0.717) is 26.7 Å². The van der Waals surface area contributed by atoms with Gasteiger partial charge in [-0.25, -0.2) is 4.39 Å². The van der Waals surface area contributed by atoms with Crippen LogP contribution in [0.25, 0.3) is 0 Å². The van der Waals surface area contributed by atoms with Gasteiger partial charge in [0.05, 0.1) is 31.4 Å². The van der Waals surface area contributed by atoms with Gasteiger partial charge in [0.2, 0.25) is 5.91 Å². The third kappa shape index (κ3) is 4.36. The van der Waals surface area contributed by atoms with Gasteiger partial charge in [0.1, 0.15) is 17.3 Å². The Balaban J connectivity index is 2.21. The number of hydrogen-bond acceptors (Lipinski definition) is 3. The quantitative estimate of drug-likeness (QED) is 0.804. The molecule has 0 aliphatic carbocycles. The number of halogens is 3. The summed E-state index contributed by atoms with van der Waals surface area (Å²) in [5.41, 5.74) is 0.686. The van der Waals surface area contributed by atoms with Crippen molar-refractivity contribution in [3.8, 4) is 11.5 Å². The van der Waals surface area contributed by atoms with Gasteiger partial charge >= 0.3 is 0 Å². The third-order valence-electron chi connectivity index (χ3n) is 3.11. The molecule has 2 rings (SSSR count). The Hall–Kier alpha value is -1.79. The minimum atomic E-state index is -0.441. The summed E-state index contributed by atoms with van der Waals surface area (Å²) >= 11 is 9.27. The van der Waals surface area contributed by atoms with Gasteiger partial charge in [-0.15, -0.1) is 0 Å². The highest BCUT2D eigenvalue weighted by molar-refractivity contribution is 9.10. The molecule has 0 saturated heterocycles. The van der Waals surface area contributed by atoms with Gasteiger partial charge in [-0.3, -0.25) is 4.79 Å². The Labute approximate surface area is 146 Å². The molecule has 4 nitrogen and oxygen atoms in total. The Bertz CT molecular complexity index is 740. The van der Waals surface area contributed by atoms with E-state index in [1.807, 2.05) is 0 Å². The number of carbonyl (C=O) groups is 1. The van der Waals surface area contributed by atoms with E-state index in [4.69, 9.17) is 21.1 Å². The molecule has 0 unspecified atom stereocenters. The molecule has 7 heteroatoms. The molecule has 0 radical (unpaired) electrons. The van der Waals surface area contributed by atoms with Crippen LogP contribution in [0, 0.1) is 5.82 Å². The molecule has 1 amide bonds. The molecule has 0 bridgehead atoms. The summed E-state index contributed by atoms with van der Waals surface area (Å²) in [6.45, 7) is 0. The molecule has 0 spiro atoms. The Morgan fingerprint density at radius 2 is 1.91 bits per heavy atom. The maximum absolute atomic E-state index is 13.7. The number of carbonyl (C=O) groups excluding carboxylic acids is 1. The van der Waals surface area contributed by atoms with E-state index in [-0.39, 0.29) is 17.9 Å². The SMILES string of the molecule is COc1cc(NC(=O)Cc2cc(Br)ccc2F)c(OC)cc1Cl. The molecule has 0 atom stereocenters. The molecule has 0 aromatic heterocycles. The molecule has 0 aliphatic heterocycles. The molecule has 0 saturated carbocycles. The lowest BCUT2D eigenvalue weighted by Crippen LogP contribution is -2.16. The number of rotatable bonds is 5. The van der Waals surface area contributed by atoms with Crippen LogP contribution in [0.5, 0.6) is 11.5 Å². The fourth-order valence-corrected chi connectivity index (χ4v) is 2.64. The lowest BCUT2D eigenvalue weighted by molar-refractivity contribution is -0.115. The predicted octanol–water partition coefficient (Wildman–Crippen LogP) is 4.44. The Morgan fingerprint density at radius 1 is 1.22 bits per heavy atom. The van der Waals surface area contributed by atoms with Crippen molar-refractivity contribution in [2.75, 3.05) is 19.5 Å². The van der Waals surface area contributed by atoms with Crippen molar-refractivity contribution in [3.05, 3.63) is 51.2 Å². The zero-order valence-corrected chi connectivity index (χ0v) is 14.8. The summed E-state index contributed by atoms with van der Waals surface area (Å²) in [4.78, 5) is 12.2. The number of anilines is 1. The molecule has 0 heterocycles. The van der Waals surface area contributed by atoms with Crippen molar-refractivity contribution in [2.45, 2.75) is 6.42 Å². The lowest BCUT2D eigenvalue weighted by atomic mass is 10.1. The van der Waals surface area contributed by atoms with E-state index in [1.165, 1.54) is 26.4 Å². The highest BCUT2D eigenvalue weighted by Crippen LogP contribution is 2.35. The first kappa shape index (κ1) is 17.6. The lowest BCUT2D eigenvalue weighted by Gasteiger charge is -2.13. The van der Waals surface area contributed by atoms with Crippen LogP contribution in [0.2, 0.25) is 5.02 Å². The molecular weight excluding hydrogens is 389 g/mol. The van der Waals surface area contributed by atoms with Gasteiger partial charge in [-0.2, -0.15) is 0 Å². The smallest absolute Gasteiger partial charge is 0.229 e. The van der Waals surface area contributed by atoms with Gasteiger partial charge in [0.25, 0.3) is 0 Å². The first-order chi connectivity index (χ1) is 10.9. The minimum absolute atomic E-state index is 0.112. The molecule has 0 aliphatic rings. The molecule has 23 heavy (non-hydrogen) atoms. The summed E-state index contributed by atoms with van der Waals surface area (Å²) < 4.78 is 24.7. The van der Waals surface area contributed by atoms with E-state index >= 15 is 0 Å². The van der Waals surface area contributed by atoms with Crippen LogP contribution >= 0.6 is 27.5 Å². The van der Waals surface area contributed by atoms with Crippen LogP contribution in [0.15, 0.2) is 34.8 Å². The molecule has 1 N–H and O–H groups in total. The van der Waals surface area contributed by atoms with Gasteiger partial charge < -0.3 is 14.8 Å². The molecule has 0 fully saturated rings. The molecular formula is C16H14BrClFNO3. The van der Waals surface area contributed by atoms with Crippen LogP contribution in [-0.2, 0) is 11.2 Å². The van der Waals surface area contributed by atoms with E-state index in [2.05, 4.69) is 21.2 Å². The second kappa shape index (κ2) is 7.66. The Morgan fingerprint density at radius 3 is 2.57 bits per heavy atom. The average molecular weight is 403 g/mol. The van der Waals surface area contributed by atoms with Crippen LogP contribution in [0.3, 0.4) is 0 Å². The van der Waals surface area contributed by atoms with E-state index < -0.39 is 5.82 Å². The first-order valence-electron chi connectivity index (χ1n) is 6.60. The largest absolute Gasteiger partial charge is 0.495 e. The van der Waals surface area contributed by atoms with Crippen molar-refractivity contribution in [2.24, 2.45) is 0 Å². The fraction of sp³-hybridized carbons (Fsp3) is 0.188. The highest BCUT2D eigenvalue weighted by atomic mass is 79.9. The van der Waals surface area contributed by atoms with Gasteiger partial charge in [-0.1, -0.05) is 27.5 Å². The second-order valence-corrected chi connectivity index (χ2v) is 5.97. The predicted molar refractivity (Wildman–Crippen MR) is 91.0 cm³/mol. The van der Waals surface area contributed by atoms with Crippen LogP contribution in [0.4, 0.5) is 10.1 Å². The average Bonchev–Trinajstić information content (AvgIpc) is 2.52. The number of methoxy groups -OCH3 is 2. The number of nitrogens with one attached hydrogen (secondary N) is 1. The van der Waals surface area contributed by atoms with Crippen molar-refractivity contribution < 1.29 is 18.7 Å². The van der Waals surface area contributed by atoms with Crippen molar-refractivity contribution >= 4 is 39.1 Å². The van der Waals surface area contributed by atoms with Crippen molar-refractivity contribution in [3.63, 3.8) is 0 Å². The Kier molecular flexibility index (Phi) is 5.85. The van der Waals surface area contributed by atoms with Crippen molar-refractivity contribution in [1.29, 1.82) is 0 Å². The summed E-state index contributed by atoms with van der Waals surface area (Å²) in [7, 11) is 2.93. The zero-order chi connectivity index (χ0) is 17.0. The number of ether oxygens (including phenoxy) is 2. The van der Waals surface area contributed by atoms with Gasteiger partial charge in [0.15, 0.2) is 0 Å². The maximum Gasteiger partial charge on any atom is 0.229 e. The second-order valence-electron chi connectivity index (χ2n) is 4.65. The van der Waals surface area contributed by atoms with Gasteiger partial charge in [0, 0.05) is 16.6 Å². The maximum atomic E-state index is 13.7. The minimum Gasteiger partial charge on any atom is -0.495 e. The number of benzene rings is 2. The summed E-state index contributed by atoms with van der Waals surface area (Å²) in [6.07, 6.45) is -0.112. The van der Waals surface area contributed by atoms with E-state index in [0.717, 1.165) is 0 Å². The van der Waals surface area contributed by atoms with Gasteiger partial charge in [-0.05, 0) is 23.8 Å². The van der Waals surface area contributed by atoms with E-state index in [1.54, 1.807) is 18.2 Å². The van der Waals surface area contributed by atoms with Crippen LogP contribution in [-0.4, -0.2) is 20.1 Å². The normalized spacial score (nSPS) is 10.3. The monoisotopic (exact) mass is 401 g/mol. The zero-order valence-electron chi connectivity index (χ0n) is 12.5. The van der Waals surface area contributed by atoms with E-state index in [9.17, 15) is 9.18 Å². The van der Waals surface area contributed by atoms with Crippen molar-refractivity contribution in [1.82, 2.24) is 0 Å². The third-order valence-corrected chi connectivity index (χ3v) is 3.90. The summed E-state index contributed by atoms with van der Waals surface area (Å²) in [5.74, 6) is -0.0380. The number of hydrogen-bond donors (Lipinski definition) is 1. The van der Waals surface area contributed by atoms with Crippen LogP contribution < -0.4 is 14.8 Å². The molecule has 2 aromatic rings. The number of amides is 1. The first-order valence-corrected chi connectivity index (χ1v) is 7.77. The molecule has 122 valence electrons. The standard InChI is InChI=1S/C16H14BrClFNO3/c1-22-14-8-13(15(23-2)7-11(14)18)20-16(21)6-9-5-10(17)3-4-12(9)19/h3-5,7-8H,6H2,1-2H3,(H,20,21). The summed E-state index contributed by atoms with van der Waals surface area (Å²) in [5, 5.41) is 3.04. The topological polar surface area (TPSA) is 47.6 Å². The fourth-order valence-electron chi connectivity index (χ4n) is 2.00. The van der Waals surface area contributed by atoms with Crippen LogP contribution in [0.1, 0.15) is 5.56 Å².